The van der Waals surface area contributed by atoms with Gasteiger partial charge in [0.25, 0.3) is 0 Å². The quantitative estimate of drug-likeness (QED) is 0.0239. The molecule has 6 aromatic carbocycles. The van der Waals surface area contributed by atoms with Gasteiger partial charge in [0.1, 0.15) is 59.0 Å². The molecule has 4 aromatic heterocycles. The number of ketones is 2. The van der Waals surface area contributed by atoms with E-state index in [4.69, 9.17) is 47.1 Å². The predicted octanol–water partition coefficient (Wildman–Crippen LogP) is 17.7. The van der Waals surface area contributed by atoms with E-state index in [9.17, 15) is 23.2 Å². The first-order valence-corrected chi connectivity index (χ1v) is 39.4. The Labute approximate surface area is 687 Å². The zero-order valence-corrected chi connectivity index (χ0v) is 69.5. The molecule has 22 nitrogen and oxygen atoms in total. The van der Waals surface area contributed by atoms with E-state index in [2.05, 4.69) is 130 Å². The van der Waals surface area contributed by atoms with Crippen LogP contribution >= 0.6 is 23.2 Å². The molecule has 0 fully saturated rings. The van der Waals surface area contributed by atoms with Crippen molar-refractivity contribution in [3.8, 4) is 28.5 Å². The van der Waals surface area contributed by atoms with Gasteiger partial charge in [-0.2, -0.15) is 0 Å². The van der Waals surface area contributed by atoms with Crippen molar-refractivity contribution in [3.63, 3.8) is 0 Å². The normalized spacial score (nSPS) is 11.5. The molecule has 3 N–H and O–H groups in total. The van der Waals surface area contributed by atoms with Crippen LogP contribution in [0.5, 0.6) is 17.2 Å². The highest BCUT2D eigenvalue weighted by atomic mass is 35.5. The van der Waals surface area contributed by atoms with Crippen LogP contribution in [-0.2, 0) is 45.4 Å². The van der Waals surface area contributed by atoms with Crippen LogP contribution in [0.4, 0.5) is 43.2 Å². The van der Waals surface area contributed by atoms with Crippen molar-refractivity contribution in [2.45, 2.75) is 92.9 Å². The summed E-state index contributed by atoms with van der Waals surface area (Å²) in [4.78, 5) is 76.3. The summed E-state index contributed by atoms with van der Waals surface area (Å²) in [6, 6.07) is 30.3. The van der Waals surface area contributed by atoms with Crippen LogP contribution in [0.2, 0.25) is 10.0 Å². The number of methoxy groups -OCH3 is 2. The van der Waals surface area contributed by atoms with Gasteiger partial charge >= 0.3 is 0 Å². The second-order valence-corrected chi connectivity index (χ2v) is 28.9. The molecule has 115 heavy (non-hydrogen) atoms. The molecule has 26 heteroatoms. The Hall–Kier alpha value is -10.3. The fourth-order valence-electron chi connectivity index (χ4n) is 12.5. The van der Waals surface area contributed by atoms with Crippen molar-refractivity contribution in [1.82, 2.24) is 54.1 Å². The van der Waals surface area contributed by atoms with Crippen molar-refractivity contribution >= 4 is 108 Å². The highest BCUT2D eigenvalue weighted by Crippen LogP contribution is 2.38. The number of anilines is 6. The fraction of sp³-hybridized carbons (Fsp3) is 0.382. The number of halogens is 4. The maximum atomic E-state index is 13.5. The van der Waals surface area contributed by atoms with E-state index in [0.29, 0.717) is 89.5 Å². The summed E-state index contributed by atoms with van der Waals surface area (Å²) in [6.07, 6.45) is 24.9. The average molecular weight is 1610 g/mol. The molecule has 10 rings (SSSR count). The van der Waals surface area contributed by atoms with E-state index in [0.717, 1.165) is 133 Å². The zero-order valence-electron chi connectivity index (χ0n) is 68.0. The number of fused-ring (bicyclic) bond motifs is 3. The number of benzene rings is 6. The number of rotatable bonds is 41. The number of ether oxygens (including phenoxy) is 4. The van der Waals surface area contributed by atoms with Gasteiger partial charge in [0.05, 0.1) is 58.5 Å². The first-order valence-electron chi connectivity index (χ1n) is 38.6. The molecular formula is C89H113Cl2F2N15O7. The number of aromatic nitrogens is 7. The Bertz CT molecular complexity index is 4720. The Morgan fingerprint density at radius 2 is 1.10 bits per heavy atom. The topological polar surface area (TPSA) is 223 Å². The van der Waals surface area contributed by atoms with Gasteiger partial charge < -0.3 is 64.0 Å². The van der Waals surface area contributed by atoms with E-state index >= 15 is 0 Å². The summed E-state index contributed by atoms with van der Waals surface area (Å²) in [5.74, 6) is 2.46. The van der Waals surface area contributed by atoms with E-state index in [1.165, 1.54) is 49.8 Å². The molecule has 0 saturated heterocycles. The van der Waals surface area contributed by atoms with Gasteiger partial charge in [-0.25, -0.2) is 38.7 Å². The number of nitrogens with zero attached hydrogens (tertiary/aromatic N) is 12. The van der Waals surface area contributed by atoms with Gasteiger partial charge in [0.15, 0.2) is 11.6 Å². The number of amides is 1. The first-order chi connectivity index (χ1) is 55.0. The minimum Gasteiger partial charge on any atom is -0.496 e. The lowest BCUT2D eigenvalue weighted by Gasteiger charge is -2.26. The average Bonchev–Trinajstić information content (AvgIpc) is 1.78. The van der Waals surface area contributed by atoms with Crippen LogP contribution in [0, 0.1) is 11.6 Å². The monoisotopic (exact) mass is 1610 g/mol. The number of hydrogen-bond donors (Lipinski definition) is 3. The van der Waals surface area contributed by atoms with Gasteiger partial charge in [0, 0.05) is 178 Å². The van der Waals surface area contributed by atoms with Crippen molar-refractivity contribution in [2.75, 3.05) is 150 Å². The van der Waals surface area contributed by atoms with Gasteiger partial charge in [0.2, 0.25) is 5.91 Å². The summed E-state index contributed by atoms with van der Waals surface area (Å²) in [5.41, 5.74) is 9.58. The fourth-order valence-corrected chi connectivity index (χ4v) is 12.8. The van der Waals surface area contributed by atoms with Crippen LogP contribution < -0.4 is 35.1 Å². The Kier molecular flexibility index (Phi) is 38.0. The zero-order chi connectivity index (χ0) is 82.1. The Morgan fingerprint density at radius 1 is 0.565 bits per heavy atom. The van der Waals surface area contributed by atoms with E-state index in [1.54, 1.807) is 56.8 Å². The van der Waals surface area contributed by atoms with E-state index in [1.807, 2.05) is 102 Å². The molecule has 0 atom stereocenters. The number of unbranched alkanes of at least 4 members (excludes halogenated alkanes) is 3. The second kappa shape index (κ2) is 47.5. The minimum absolute atomic E-state index is 0. The van der Waals surface area contributed by atoms with Gasteiger partial charge in [-0.05, 0) is 160 Å². The van der Waals surface area contributed by atoms with Crippen molar-refractivity contribution in [3.05, 3.63) is 209 Å². The number of likely N-dealkylation sites (N-methyl/N-ethyl adjacent to an activating group) is 5. The maximum Gasteiger partial charge on any atom is 0.248 e. The first kappa shape index (κ1) is 91.9. The van der Waals surface area contributed by atoms with E-state index in [-0.39, 0.29) is 47.8 Å². The summed E-state index contributed by atoms with van der Waals surface area (Å²) in [6.45, 7) is 16.5. The summed E-state index contributed by atoms with van der Waals surface area (Å²) >= 11 is 11.8. The molecule has 1 amide bonds. The molecule has 10 aromatic rings. The summed E-state index contributed by atoms with van der Waals surface area (Å²) < 4.78 is 51.7. The largest absolute Gasteiger partial charge is 0.496 e. The molecule has 0 bridgehead atoms. The SMILES string of the molecule is C.CCCCCN(C)C/C=C/C(=O)Cc1cc2c(Nc3ccc(F)c(Cl)c3)ncnc2cc1OCC.CCCCN(C)C/C=C/C(=O)Nc1cc(Cc2nccc(-c3cn(C)c4ccccc34)n2)c(OC)cc1N(C)CCN(C)C.CCOc1cc2ncnc(Nc3ccc(F)c(Cl)c3)c2cc1CC(=O)/C=C/CN(C)CCCOC. The van der Waals surface area contributed by atoms with Crippen molar-refractivity contribution < 1.29 is 42.1 Å². The van der Waals surface area contributed by atoms with E-state index < -0.39 is 11.6 Å². The maximum absolute atomic E-state index is 13.5. The highest BCUT2D eigenvalue weighted by Gasteiger charge is 2.21. The molecule has 0 aliphatic heterocycles. The molecule has 0 saturated carbocycles. The molecule has 0 aliphatic rings. The molecular weight excluding hydrogens is 1500 g/mol. The summed E-state index contributed by atoms with van der Waals surface area (Å²) in [7, 11) is 17.7. The molecule has 0 spiro atoms. The third-order valence-corrected chi connectivity index (χ3v) is 19.1. The molecule has 0 unspecified atom stereocenters. The number of nitrogens with one attached hydrogen (secondary N) is 3. The second-order valence-electron chi connectivity index (χ2n) is 28.1. The van der Waals surface area contributed by atoms with Crippen LogP contribution in [-0.4, -0.2) is 200 Å². The highest BCUT2D eigenvalue weighted by molar-refractivity contribution is 6.31. The number of carbonyl (C=O) groups is 3. The molecule has 4 heterocycles. The lowest BCUT2D eigenvalue weighted by atomic mass is 10.0. The number of carbonyl (C=O) groups excluding carboxylic acids is 3. The standard InChI is InChI=1S/C35H47N7O2.C27H32ClFN4O2.C26H30ClFN4O3.CH4/c1-8-9-18-40(4)19-12-15-35(43)38-30-22-26(33(44-7)24-32(30)41(5)21-20-39(2)3)23-34-36-17-16-29(37-34)28-25-42(6)31-14-11-10-13-27(28)31;1-4-6-7-12-33(3)13-8-9-21(34)14-19-15-22-25(17-26(19)35-5-2)30-18-31-27(22)32-20-10-11-24(29)23(28)16-20;1-4-35-25-16-24-21(26(30-17-29-24)31-19-8-9-23(28)22(27)15-19)14-18(25)13-20(33)7-5-10-32(2)11-6-12-34-3;/h10-17,22,24-25H,8-9,18-21,23H2,1-7H3,(H,38,43);8-11,15-18H,4-7,12-14H2,1-3H3,(H,30,31,32);5,7-9,14-17H,4,6,10-13H2,1-3H3,(H,29,30,31);1H4/b15-12+;9-8+;7-5+;. The number of hydrogen-bond acceptors (Lipinski definition) is 20. The Balaban J connectivity index is 0.000000240. The Morgan fingerprint density at radius 3 is 1.63 bits per heavy atom. The molecule has 0 aliphatic carbocycles. The van der Waals surface area contributed by atoms with Crippen LogP contribution in [0.1, 0.15) is 96.2 Å². The third kappa shape index (κ3) is 28.6. The lowest BCUT2D eigenvalue weighted by Crippen LogP contribution is -2.29. The smallest absolute Gasteiger partial charge is 0.248 e. The lowest BCUT2D eigenvalue weighted by molar-refractivity contribution is -0.114. The van der Waals surface area contributed by atoms with Gasteiger partial charge in [-0.15, -0.1) is 0 Å². The number of allylic oxidation sites excluding steroid dienone is 2. The number of para-hydroxylation sites is 1. The van der Waals surface area contributed by atoms with Gasteiger partial charge in [-0.3, -0.25) is 14.4 Å². The van der Waals surface area contributed by atoms with Crippen molar-refractivity contribution in [2.24, 2.45) is 7.05 Å². The van der Waals surface area contributed by atoms with Gasteiger partial charge in [-0.1, -0.05) is 100 Å². The summed E-state index contributed by atoms with van der Waals surface area (Å²) in [5, 5.41) is 12.1. The number of aryl methyl sites for hydroxylation is 1. The third-order valence-electron chi connectivity index (χ3n) is 18.6. The molecule has 0 radical (unpaired) electrons. The molecule has 614 valence electrons. The van der Waals surface area contributed by atoms with Crippen molar-refractivity contribution in [1.29, 1.82) is 0 Å². The van der Waals surface area contributed by atoms with Crippen LogP contribution in [0.3, 0.4) is 0 Å². The van der Waals surface area contributed by atoms with Crippen LogP contribution in [0.25, 0.3) is 44.0 Å². The predicted molar refractivity (Wildman–Crippen MR) is 466 cm³/mol. The minimum atomic E-state index is -0.499. The van der Waals surface area contributed by atoms with Crippen LogP contribution in [0.15, 0.2) is 165 Å².